The van der Waals surface area contributed by atoms with Crippen molar-refractivity contribution in [2.24, 2.45) is 0 Å². The van der Waals surface area contributed by atoms with E-state index in [1.165, 1.54) is 88.7 Å². The van der Waals surface area contributed by atoms with Crippen LogP contribution in [0.5, 0.6) is 0 Å². The van der Waals surface area contributed by atoms with Crippen LogP contribution in [0.1, 0.15) is 22.3 Å². The van der Waals surface area contributed by atoms with Gasteiger partial charge in [0.2, 0.25) is 0 Å². The Labute approximate surface area is 378 Å². The van der Waals surface area contributed by atoms with E-state index in [4.69, 9.17) is 9.97 Å². The van der Waals surface area contributed by atoms with Crippen LogP contribution in [0.25, 0.3) is 100 Å². The van der Waals surface area contributed by atoms with Gasteiger partial charge >= 0.3 is 0 Å². The van der Waals surface area contributed by atoms with Crippen LogP contribution < -0.4 is 0 Å². The van der Waals surface area contributed by atoms with Crippen molar-refractivity contribution in [3.63, 3.8) is 0 Å². The highest BCUT2D eigenvalue weighted by molar-refractivity contribution is 5.99. The molecule has 1 heterocycles. The molecule has 302 valence electrons. The highest BCUT2D eigenvalue weighted by atomic mass is 14.9. The number of hydrogen-bond donors (Lipinski definition) is 0. The maximum absolute atomic E-state index is 5.47. The molecule has 65 heavy (non-hydrogen) atoms. The van der Waals surface area contributed by atoms with Gasteiger partial charge in [-0.2, -0.15) is 0 Å². The SMILES string of the molecule is c1ccc(-c2ccc(-c3cc(-c4ccc(-c5cccc6ccccc56)cc4)nc(-c4ccc5c(c4)C4(c6ccccc6-c6ccccc6-5)c5ccccc5-c5ccccc54)n3)cc2)cc1. The van der Waals surface area contributed by atoms with E-state index >= 15 is 0 Å². The van der Waals surface area contributed by atoms with Gasteiger partial charge in [-0.25, -0.2) is 9.97 Å². The largest absolute Gasteiger partial charge is 0.228 e. The Kier molecular flexibility index (Phi) is 8.47. The summed E-state index contributed by atoms with van der Waals surface area (Å²) in [4.78, 5) is 10.9. The predicted octanol–water partition coefficient (Wildman–Crippen LogP) is 16.0. The lowest BCUT2D eigenvalue weighted by Crippen LogP contribution is -2.29. The zero-order chi connectivity index (χ0) is 42.9. The molecule has 10 aromatic carbocycles. The summed E-state index contributed by atoms with van der Waals surface area (Å²) in [6.45, 7) is 0. The molecule has 1 spiro atoms. The minimum Gasteiger partial charge on any atom is -0.228 e. The molecule has 2 nitrogen and oxygen atoms in total. The van der Waals surface area contributed by atoms with Gasteiger partial charge in [-0.1, -0.05) is 231 Å². The summed E-state index contributed by atoms with van der Waals surface area (Å²) < 4.78 is 0. The molecule has 1 aromatic heterocycles. The molecule has 0 unspecified atom stereocenters. The van der Waals surface area contributed by atoms with Gasteiger partial charge in [-0.15, -0.1) is 0 Å². The summed E-state index contributed by atoms with van der Waals surface area (Å²) in [5.41, 5.74) is 21.5. The van der Waals surface area contributed by atoms with Crippen molar-refractivity contribution in [1.29, 1.82) is 0 Å². The van der Waals surface area contributed by atoms with E-state index in [1.54, 1.807) is 0 Å². The van der Waals surface area contributed by atoms with Crippen molar-refractivity contribution in [2.75, 3.05) is 0 Å². The summed E-state index contributed by atoms with van der Waals surface area (Å²) in [7, 11) is 0. The Bertz CT molecular complexity index is 3590. The average molecular weight is 825 g/mol. The second kappa shape index (κ2) is 14.8. The minimum atomic E-state index is -0.598. The van der Waals surface area contributed by atoms with E-state index in [0.717, 1.165) is 28.1 Å². The maximum atomic E-state index is 5.47. The smallest absolute Gasteiger partial charge is 0.160 e. The van der Waals surface area contributed by atoms with Crippen LogP contribution in [0.3, 0.4) is 0 Å². The summed E-state index contributed by atoms with van der Waals surface area (Å²) in [5, 5.41) is 2.48. The van der Waals surface area contributed by atoms with Crippen molar-refractivity contribution in [2.45, 2.75) is 5.41 Å². The van der Waals surface area contributed by atoms with Crippen LogP contribution in [0.2, 0.25) is 0 Å². The van der Waals surface area contributed by atoms with Crippen molar-refractivity contribution in [3.8, 4) is 89.5 Å². The molecule has 0 aliphatic heterocycles. The molecule has 11 aromatic rings. The third kappa shape index (κ3) is 5.81. The first-order valence-corrected chi connectivity index (χ1v) is 22.4. The Morgan fingerprint density at radius 1 is 0.246 bits per heavy atom. The lowest BCUT2D eigenvalue weighted by atomic mass is 9.65. The normalized spacial score (nSPS) is 12.7. The number of nitrogens with zero attached hydrogens (tertiary/aromatic N) is 2. The summed E-state index contributed by atoms with van der Waals surface area (Å²) in [6.07, 6.45) is 0. The van der Waals surface area contributed by atoms with E-state index in [-0.39, 0.29) is 0 Å². The molecule has 0 amide bonds. The van der Waals surface area contributed by atoms with Gasteiger partial charge in [-0.3, -0.25) is 0 Å². The summed E-state index contributed by atoms with van der Waals surface area (Å²) in [6, 6.07) is 88.3. The van der Waals surface area contributed by atoms with Crippen LogP contribution >= 0.6 is 0 Å². The van der Waals surface area contributed by atoms with Crippen LogP contribution in [-0.2, 0) is 5.41 Å². The van der Waals surface area contributed by atoms with E-state index in [1.807, 2.05) is 0 Å². The quantitative estimate of drug-likeness (QED) is 0.173. The third-order valence-electron chi connectivity index (χ3n) is 13.8. The fourth-order valence-electron chi connectivity index (χ4n) is 10.8. The van der Waals surface area contributed by atoms with E-state index < -0.39 is 5.41 Å². The van der Waals surface area contributed by atoms with Gasteiger partial charge in [-0.05, 0) is 101 Å². The second-order valence-electron chi connectivity index (χ2n) is 17.2. The Balaban J connectivity index is 1.04. The molecule has 13 rings (SSSR count). The van der Waals surface area contributed by atoms with Crippen LogP contribution in [0.15, 0.2) is 243 Å². The molecule has 2 aliphatic carbocycles. The Hall–Kier alpha value is -8.46. The fraction of sp³-hybridized carbons (Fsp3) is 0.0159. The van der Waals surface area contributed by atoms with E-state index in [9.17, 15) is 0 Å². The number of aromatic nitrogens is 2. The number of hydrogen-bond acceptors (Lipinski definition) is 2. The van der Waals surface area contributed by atoms with Crippen LogP contribution in [0, 0.1) is 0 Å². The monoisotopic (exact) mass is 824 g/mol. The molecule has 0 fully saturated rings. The Morgan fingerprint density at radius 3 is 1.28 bits per heavy atom. The molecule has 0 bridgehead atoms. The molecule has 0 saturated heterocycles. The topological polar surface area (TPSA) is 25.8 Å². The maximum Gasteiger partial charge on any atom is 0.160 e. The van der Waals surface area contributed by atoms with Gasteiger partial charge in [0.25, 0.3) is 0 Å². The molecular formula is C63H40N2. The van der Waals surface area contributed by atoms with Crippen LogP contribution in [0.4, 0.5) is 0 Å². The fourth-order valence-corrected chi connectivity index (χ4v) is 10.8. The second-order valence-corrected chi connectivity index (χ2v) is 17.2. The molecule has 2 heteroatoms. The van der Waals surface area contributed by atoms with Gasteiger partial charge in [0, 0.05) is 16.7 Å². The molecular weight excluding hydrogens is 785 g/mol. The zero-order valence-electron chi connectivity index (χ0n) is 35.5. The van der Waals surface area contributed by atoms with Crippen molar-refractivity contribution in [1.82, 2.24) is 9.97 Å². The summed E-state index contributed by atoms with van der Waals surface area (Å²) >= 11 is 0. The average Bonchev–Trinajstić information content (AvgIpc) is 3.63. The van der Waals surface area contributed by atoms with Crippen molar-refractivity contribution < 1.29 is 0 Å². The lowest BCUT2D eigenvalue weighted by Gasteiger charge is -2.35. The molecule has 0 radical (unpaired) electrons. The first kappa shape index (κ1) is 37.1. The predicted molar refractivity (Wildman–Crippen MR) is 268 cm³/mol. The lowest BCUT2D eigenvalue weighted by molar-refractivity contribution is 0.775. The zero-order valence-corrected chi connectivity index (χ0v) is 35.5. The standard InChI is InChI=1S/C63H40N2/c1-2-15-41(16-3-1)42-29-33-45(34-30-42)60-40-61(46-35-31-44(32-36-46)49-25-14-18-43-17-4-5-19-48(43)49)65-62(64-60)47-37-38-55-51-21-7-6-20-50(51)52-22-8-11-26-56(52)63(59(55)39-47)57-27-12-9-23-53(57)54-24-10-13-28-58(54)63/h1-40H. The van der Waals surface area contributed by atoms with Gasteiger partial charge in [0.1, 0.15) is 0 Å². The first-order valence-electron chi connectivity index (χ1n) is 22.4. The van der Waals surface area contributed by atoms with E-state index in [0.29, 0.717) is 5.82 Å². The minimum absolute atomic E-state index is 0.598. The Morgan fingerprint density at radius 2 is 0.662 bits per heavy atom. The van der Waals surface area contributed by atoms with Crippen LogP contribution in [-0.4, -0.2) is 9.97 Å². The molecule has 0 saturated carbocycles. The molecule has 2 aliphatic rings. The van der Waals surface area contributed by atoms with Gasteiger partial charge in [0.15, 0.2) is 5.82 Å². The number of fused-ring (bicyclic) bond motifs is 13. The van der Waals surface area contributed by atoms with Gasteiger partial charge in [0.05, 0.1) is 16.8 Å². The molecule has 0 N–H and O–H groups in total. The molecule has 0 atom stereocenters. The van der Waals surface area contributed by atoms with Gasteiger partial charge < -0.3 is 0 Å². The van der Waals surface area contributed by atoms with Crippen molar-refractivity contribution in [3.05, 3.63) is 265 Å². The first-order chi connectivity index (χ1) is 32.2. The third-order valence-corrected chi connectivity index (χ3v) is 13.8. The highest BCUT2D eigenvalue weighted by Gasteiger charge is 2.49. The summed E-state index contributed by atoms with van der Waals surface area (Å²) in [5.74, 6) is 0.686. The number of rotatable bonds is 5. The number of benzene rings is 10. The van der Waals surface area contributed by atoms with Crippen molar-refractivity contribution >= 4 is 10.8 Å². The highest BCUT2D eigenvalue weighted by Crippen LogP contribution is 2.61. The van der Waals surface area contributed by atoms with E-state index in [2.05, 4.69) is 243 Å².